The Hall–Kier alpha value is -7.83. The molecule has 0 radical (unpaired) electrons. The Kier molecular flexibility index (Phi) is 6.83. The molecule has 0 aliphatic heterocycles. The lowest BCUT2D eigenvalue weighted by Gasteiger charge is -2.08. The summed E-state index contributed by atoms with van der Waals surface area (Å²) in [6.07, 6.45) is 0. The van der Waals surface area contributed by atoms with E-state index in [1.165, 1.54) is 21.8 Å². The zero-order valence-corrected chi connectivity index (χ0v) is 30.4. The van der Waals surface area contributed by atoms with Gasteiger partial charge >= 0.3 is 0 Å². The van der Waals surface area contributed by atoms with Crippen molar-refractivity contribution in [3.05, 3.63) is 182 Å². The van der Waals surface area contributed by atoms with Gasteiger partial charge in [0.25, 0.3) is 0 Å². The lowest BCUT2D eigenvalue weighted by Crippen LogP contribution is -2.00. The van der Waals surface area contributed by atoms with Crippen LogP contribution in [0.4, 0.5) is 0 Å². The van der Waals surface area contributed by atoms with Crippen LogP contribution in [0.25, 0.3) is 117 Å². The molecule has 4 heterocycles. The highest BCUT2D eigenvalue weighted by atomic mass is 16.3. The van der Waals surface area contributed by atoms with Gasteiger partial charge in [-0.25, -0.2) is 15.0 Å². The Labute approximate surface area is 325 Å². The Bertz CT molecular complexity index is 3410. The minimum Gasteiger partial charge on any atom is -0.456 e. The lowest BCUT2D eigenvalue weighted by molar-refractivity contribution is 0.669. The van der Waals surface area contributed by atoms with Crippen LogP contribution in [0.5, 0.6) is 0 Å². The fourth-order valence-corrected chi connectivity index (χ4v) is 8.42. The maximum atomic E-state index is 6.58. The van der Waals surface area contributed by atoms with Gasteiger partial charge in [-0.05, 0) is 71.8 Å². The molecule has 0 fully saturated rings. The molecule has 0 unspecified atom stereocenters. The molecule has 57 heavy (non-hydrogen) atoms. The first-order valence-electron chi connectivity index (χ1n) is 19.0. The summed E-state index contributed by atoms with van der Waals surface area (Å²) in [5, 5.41) is 6.70. The maximum Gasteiger partial charge on any atom is 0.164 e. The molecule has 0 saturated heterocycles. The van der Waals surface area contributed by atoms with Crippen LogP contribution in [-0.4, -0.2) is 19.5 Å². The molecule has 0 aliphatic carbocycles. The monoisotopic (exact) mass is 730 g/mol. The first kappa shape index (κ1) is 31.5. The highest BCUT2D eigenvalue weighted by molar-refractivity contribution is 6.15. The number of para-hydroxylation sites is 2. The average molecular weight is 731 g/mol. The Morgan fingerprint density at radius 1 is 0.333 bits per heavy atom. The predicted octanol–water partition coefficient (Wildman–Crippen LogP) is 13.4. The topological polar surface area (TPSA) is 69.9 Å². The quantitative estimate of drug-likeness (QED) is 0.176. The third kappa shape index (κ3) is 5.01. The van der Waals surface area contributed by atoms with E-state index in [-0.39, 0.29) is 0 Å². The zero-order chi connectivity index (χ0) is 37.5. The van der Waals surface area contributed by atoms with Crippen molar-refractivity contribution in [3.63, 3.8) is 0 Å². The molecule has 0 atom stereocenters. The molecule has 12 rings (SSSR count). The number of fused-ring (bicyclic) bond motifs is 9. The normalized spacial score (nSPS) is 11.9. The Morgan fingerprint density at radius 3 is 1.58 bits per heavy atom. The number of nitrogens with zero attached hydrogens (tertiary/aromatic N) is 4. The van der Waals surface area contributed by atoms with Gasteiger partial charge < -0.3 is 13.4 Å². The molecule has 8 aromatic carbocycles. The fourth-order valence-electron chi connectivity index (χ4n) is 8.42. The molecule has 266 valence electrons. The van der Waals surface area contributed by atoms with Crippen LogP contribution in [0.1, 0.15) is 0 Å². The Morgan fingerprint density at radius 2 is 0.895 bits per heavy atom. The molecule has 6 nitrogen and oxygen atoms in total. The summed E-state index contributed by atoms with van der Waals surface area (Å²) in [5.74, 6) is 1.83. The Balaban J connectivity index is 0.989. The van der Waals surface area contributed by atoms with Gasteiger partial charge in [-0.1, -0.05) is 121 Å². The second kappa shape index (κ2) is 12.3. The minimum absolute atomic E-state index is 0.586. The summed E-state index contributed by atoms with van der Waals surface area (Å²) in [6.45, 7) is 0. The number of hydrogen-bond donors (Lipinski definition) is 0. The van der Waals surface area contributed by atoms with Crippen LogP contribution in [0.2, 0.25) is 0 Å². The van der Waals surface area contributed by atoms with Crippen molar-refractivity contribution in [2.24, 2.45) is 0 Å². The largest absolute Gasteiger partial charge is 0.456 e. The second-order valence-electron chi connectivity index (χ2n) is 14.4. The molecule has 12 aromatic rings. The van der Waals surface area contributed by atoms with Crippen LogP contribution in [0.15, 0.2) is 191 Å². The van der Waals surface area contributed by atoms with E-state index in [9.17, 15) is 0 Å². The van der Waals surface area contributed by atoms with Crippen molar-refractivity contribution in [1.29, 1.82) is 0 Å². The van der Waals surface area contributed by atoms with Crippen molar-refractivity contribution in [2.75, 3.05) is 0 Å². The summed E-state index contributed by atoms with van der Waals surface area (Å²) in [5.41, 5.74) is 11.6. The van der Waals surface area contributed by atoms with E-state index in [4.69, 9.17) is 23.8 Å². The predicted molar refractivity (Wildman–Crippen MR) is 230 cm³/mol. The fraction of sp³-hybridized carbons (Fsp3) is 0. The van der Waals surface area contributed by atoms with Gasteiger partial charge in [0.2, 0.25) is 0 Å². The zero-order valence-electron chi connectivity index (χ0n) is 30.4. The van der Waals surface area contributed by atoms with Gasteiger partial charge in [-0.15, -0.1) is 0 Å². The standard InChI is InChI=1S/C51H30N4O2/c1-3-12-31(13-4-1)49-52-50(32-14-5-2-6-15-32)54-51(53-49)34-22-25-39-47(29-34)57-46-21-11-18-36(48(39)46)33-23-26-44-40(28-33)41-30-35(24-27-45(41)56-44)55-42-19-9-7-16-37(42)38-17-8-10-20-43(38)55/h1-30H. The van der Waals surface area contributed by atoms with Crippen LogP contribution >= 0.6 is 0 Å². The van der Waals surface area contributed by atoms with Crippen molar-refractivity contribution in [1.82, 2.24) is 19.5 Å². The highest BCUT2D eigenvalue weighted by Crippen LogP contribution is 2.41. The van der Waals surface area contributed by atoms with E-state index in [0.29, 0.717) is 17.5 Å². The van der Waals surface area contributed by atoms with Crippen LogP contribution in [0.3, 0.4) is 0 Å². The molecular formula is C51H30N4O2. The number of furan rings is 2. The van der Waals surface area contributed by atoms with Gasteiger partial charge in [0, 0.05) is 54.7 Å². The van der Waals surface area contributed by atoms with E-state index in [1.807, 2.05) is 72.8 Å². The molecule has 0 bridgehead atoms. The van der Waals surface area contributed by atoms with Crippen molar-refractivity contribution in [2.45, 2.75) is 0 Å². The van der Waals surface area contributed by atoms with Gasteiger partial charge in [-0.3, -0.25) is 0 Å². The van der Waals surface area contributed by atoms with Crippen LogP contribution < -0.4 is 0 Å². The summed E-state index contributed by atoms with van der Waals surface area (Å²) >= 11 is 0. The first-order chi connectivity index (χ1) is 28.2. The van der Waals surface area contributed by atoms with E-state index in [2.05, 4.69) is 114 Å². The summed E-state index contributed by atoms with van der Waals surface area (Å²) in [6, 6.07) is 62.7. The average Bonchev–Trinajstić information content (AvgIpc) is 3.95. The van der Waals surface area contributed by atoms with E-state index in [1.54, 1.807) is 0 Å². The van der Waals surface area contributed by atoms with E-state index >= 15 is 0 Å². The summed E-state index contributed by atoms with van der Waals surface area (Å²) in [7, 11) is 0. The third-order valence-electron chi connectivity index (χ3n) is 11.1. The van der Waals surface area contributed by atoms with Crippen LogP contribution in [0, 0.1) is 0 Å². The van der Waals surface area contributed by atoms with Crippen molar-refractivity contribution in [3.8, 4) is 51.0 Å². The van der Waals surface area contributed by atoms with E-state index in [0.717, 1.165) is 77.4 Å². The van der Waals surface area contributed by atoms with Gasteiger partial charge in [-0.2, -0.15) is 0 Å². The summed E-state index contributed by atoms with van der Waals surface area (Å²) in [4.78, 5) is 14.8. The number of benzene rings is 8. The smallest absolute Gasteiger partial charge is 0.164 e. The molecule has 0 saturated carbocycles. The van der Waals surface area contributed by atoms with Gasteiger partial charge in [0.1, 0.15) is 22.3 Å². The summed E-state index contributed by atoms with van der Waals surface area (Å²) < 4.78 is 15.4. The molecule has 0 amide bonds. The van der Waals surface area contributed by atoms with E-state index < -0.39 is 0 Å². The molecule has 0 aliphatic rings. The molecule has 4 aromatic heterocycles. The first-order valence-corrected chi connectivity index (χ1v) is 19.0. The number of aromatic nitrogens is 4. The number of hydrogen-bond acceptors (Lipinski definition) is 5. The third-order valence-corrected chi connectivity index (χ3v) is 11.1. The highest BCUT2D eigenvalue weighted by Gasteiger charge is 2.19. The van der Waals surface area contributed by atoms with Crippen molar-refractivity contribution >= 4 is 65.7 Å². The van der Waals surface area contributed by atoms with Crippen molar-refractivity contribution < 1.29 is 8.83 Å². The molecule has 6 heteroatoms. The number of rotatable bonds is 5. The van der Waals surface area contributed by atoms with Gasteiger partial charge in [0.05, 0.1) is 11.0 Å². The van der Waals surface area contributed by atoms with Gasteiger partial charge in [0.15, 0.2) is 17.5 Å². The maximum absolute atomic E-state index is 6.58. The van der Waals surface area contributed by atoms with Crippen LogP contribution in [-0.2, 0) is 0 Å². The lowest BCUT2D eigenvalue weighted by atomic mass is 9.97. The molecule has 0 N–H and O–H groups in total. The SMILES string of the molecule is c1ccc(-c2nc(-c3ccccc3)nc(-c3ccc4c(c3)oc3cccc(-c5ccc6oc7ccc(-n8c9ccccc9c9ccccc98)cc7c6c5)c34)n2)cc1. The molecule has 0 spiro atoms. The minimum atomic E-state index is 0.586. The second-order valence-corrected chi connectivity index (χ2v) is 14.4. The molecular weight excluding hydrogens is 701 g/mol.